The fraction of sp³-hybridized carbons (Fsp3) is 1.00. The van der Waals surface area contributed by atoms with Crippen molar-refractivity contribution in [1.82, 2.24) is 16.0 Å². The quantitative estimate of drug-likeness (QED) is 0.246. The number of hydrogen-bond acceptors (Lipinski definition) is 3. The molecule has 0 saturated carbocycles. The van der Waals surface area contributed by atoms with Crippen LogP contribution in [0.1, 0.15) is 104 Å². The molecule has 0 radical (unpaired) electrons. The fourth-order valence-corrected chi connectivity index (χ4v) is 3.19. The smallest absolute Gasteiger partial charge is 0.0190 e. The average molecular weight is 356 g/mol. The van der Waals surface area contributed by atoms with Gasteiger partial charge in [-0.05, 0) is 32.4 Å². The third kappa shape index (κ3) is 20.0. The highest BCUT2D eigenvalue weighted by Crippen LogP contribution is 2.04. The van der Waals surface area contributed by atoms with Crippen molar-refractivity contribution in [3.05, 3.63) is 0 Å². The van der Waals surface area contributed by atoms with Gasteiger partial charge in [0.1, 0.15) is 0 Å². The van der Waals surface area contributed by atoms with Crippen LogP contribution in [0.4, 0.5) is 0 Å². The van der Waals surface area contributed by atoms with Crippen molar-refractivity contribution < 1.29 is 0 Å². The predicted molar refractivity (Wildman–Crippen MR) is 115 cm³/mol. The van der Waals surface area contributed by atoms with Gasteiger partial charge in [0, 0.05) is 25.7 Å². The maximum atomic E-state index is 3.68. The monoisotopic (exact) mass is 355 g/mol. The Labute approximate surface area is 159 Å². The molecule has 3 heteroatoms. The van der Waals surface area contributed by atoms with E-state index < -0.39 is 0 Å². The minimum Gasteiger partial charge on any atom is -0.315 e. The van der Waals surface area contributed by atoms with E-state index in [0.717, 1.165) is 19.6 Å². The van der Waals surface area contributed by atoms with Crippen molar-refractivity contribution in [1.29, 1.82) is 0 Å². The van der Waals surface area contributed by atoms with Crippen molar-refractivity contribution in [2.45, 2.75) is 110 Å². The van der Waals surface area contributed by atoms with E-state index in [-0.39, 0.29) is 0 Å². The maximum absolute atomic E-state index is 3.68. The summed E-state index contributed by atoms with van der Waals surface area (Å²) >= 11 is 0. The Morgan fingerprint density at radius 2 is 1.04 bits per heavy atom. The lowest BCUT2D eigenvalue weighted by Gasteiger charge is -2.18. The molecule has 0 aromatic heterocycles. The van der Waals surface area contributed by atoms with Gasteiger partial charge < -0.3 is 16.0 Å². The van der Waals surface area contributed by atoms with Crippen LogP contribution in [0, 0.1) is 0 Å². The van der Waals surface area contributed by atoms with Crippen LogP contribution in [-0.4, -0.2) is 38.8 Å². The molecule has 1 unspecified atom stereocenters. The Bertz CT molecular complexity index is 233. The van der Waals surface area contributed by atoms with E-state index in [4.69, 9.17) is 0 Å². The van der Waals surface area contributed by atoms with Gasteiger partial charge >= 0.3 is 0 Å². The Morgan fingerprint density at radius 1 is 0.520 bits per heavy atom. The van der Waals surface area contributed by atoms with Crippen LogP contribution in [0.25, 0.3) is 0 Å². The van der Waals surface area contributed by atoms with Gasteiger partial charge in [-0.15, -0.1) is 0 Å². The maximum Gasteiger partial charge on any atom is 0.0190 e. The number of unbranched alkanes of at least 4 members (excludes halogenated alkanes) is 10. The predicted octanol–water partition coefficient (Wildman–Crippen LogP) is 5.25. The van der Waals surface area contributed by atoms with Crippen molar-refractivity contribution in [2.24, 2.45) is 0 Å². The lowest BCUT2D eigenvalue weighted by Crippen LogP contribution is -2.41. The van der Waals surface area contributed by atoms with Crippen LogP contribution >= 0.6 is 0 Å². The van der Waals surface area contributed by atoms with E-state index in [1.807, 2.05) is 0 Å². The Balaban J connectivity index is 3.28. The second-order valence-electron chi connectivity index (χ2n) is 7.55. The fourth-order valence-electron chi connectivity index (χ4n) is 3.19. The normalized spacial score (nSPS) is 12.6. The van der Waals surface area contributed by atoms with Crippen LogP contribution in [-0.2, 0) is 0 Å². The van der Waals surface area contributed by atoms with Crippen molar-refractivity contribution in [3.8, 4) is 0 Å². The van der Waals surface area contributed by atoms with Crippen molar-refractivity contribution in [3.63, 3.8) is 0 Å². The summed E-state index contributed by atoms with van der Waals surface area (Å²) < 4.78 is 0. The van der Waals surface area contributed by atoms with Crippen LogP contribution in [0.15, 0.2) is 0 Å². The van der Waals surface area contributed by atoms with Gasteiger partial charge in [-0.3, -0.25) is 0 Å². The summed E-state index contributed by atoms with van der Waals surface area (Å²) in [5, 5.41) is 10.9. The molecule has 25 heavy (non-hydrogen) atoms. The van der Waals surface area contributed by atoms with Gasteiger partial charge in [-0.25, -0.2) is 0 Å². The van der Waals surface area contributed by atoms with Gasteiger partial charge in [-0.2, -0.15) is 0 Å². The highest BCUT2D eigenvalue weighted by atomic mass is 15.0. The molecule has 152 valence electrons. The van der Waals surface area contributed by atoms with Gasteiger partial charge in [0.2, 0.25) is 0 Å². The van der Waals surface area contributed by atoms with E-state index >= 15 is 0 Å². The van der Waals surface area contributed by atoms with E-state index in [0.29, 0.717) is 6.04 Å². The highest BCUT2D eigenvalue weighted by Gasteiger charge is 2.03. The molecular formula is C22H49N3. The Kier molecular flexibility index (Phi) is 21.8. The molecule has 0 spiro atoms. The summed E-state index contributed by atoms with van der Waals surface area (Å²) in [5.41, 5.74) is 0. The number of nitrogens with one attached hydrogen (secondary N) is 3. The van der Waals surface area contributed by atoms with Gasteiger partial charge in [-0.1, -0.05) is 85.0 Å². The first-order chi connectivity index (χ1) is 12.3. The number of hydrogen-bond donors (Lipinski definition) is 3. The molecule has 0 heterocycles. The summed E-state index contributed by atoms with van der Waals surface area (Å²) in [4.78, 5) is 0. The molecule has 0 amide bonds. The SMILES string of the molecule is CCCCCCCCNCCNC(CC)CNCCCCCCCC. The molecular weight excluding hydrogens is 306 g/mol. The van der Waals surface area contributed by atoms with E-state index in [1.165, 1.54) is 96.6 Å². The van der Waals surface area contributed by atoms with Crippen LogP contribution in [0.3, 0.4) is 0 Å². The summed E-state index contributed by atoms with van der Waals surface area (Å²) in [7, 11) is 0. The minimum absolute atomic E-state index is 0.621. The summed E-state index contributed by atoms with van der Waals surface area (Å²) in [6, 6.07) is 0.621. The first kappa shape index (κ1) is 24.9. The zero-order valence-corrected chi connectivity index (χ0v) is 17.8. The van der Waals surface area contributed by atoms with E-state index in [2.05, 4.69) is 36.7 Å². The third-order valence-electron chi connectivity index (χ3n) is 5.03. The van der Waals surface area contributed by atoms with Crippen molar-refractivity contribution >= 4 is 0 Å². The van der Waals surface area contributed by atoms with E-state index in [1.54, 1.807) is 0 Å². The Morgan fingerprint density at radius 3 is 1.60 bits per heavy atom. The second-order valence-corrected chi connectivity index (χ2v) is 7.55. The molecule has 0 aliphatic rings. The highest BCUT2D eigenvalue weighted by molar-refractivity contribution is 4.68. The molecule has 0 aliphatic heterocycles. The first-order valence-electron chi connectivity index (χ1n) is 11.5. The van der Waals surface area contributed by atoms with Gasteiger partial charge in [0.25, 0.3) is 0 Å². The van der Waals surface area contributed by atoms with Crippen LogP contribution in [0.5, 0.6) is 0 Å². The molecule has 0 rings (SSSR count). The zero-order valence-electron chi connectivity index (χ0n) is 17.8. The molecule has 0 fully saturated rings. The molecule has 3 nitrogen and oxygen atoms in total. The van der Waals surface area contributed by atoms with Gasteiger partial charge in [0.05, 0.1) is 0 Å². The minimum atomic E-state index is 0.621. The molecule has 0 aromatic rings. The van der Waals surface area contributed by atoms with Crippen molar-refractivity contribution in [2.75, 3.05) is 32.7 Å². The Hall–Kier alpha value is -0.120. The first-order valence-corrected chi connectivity index (χ1v) is 11.5. The largest absolute Gasteiger partial charge is 0.315 e. The topological polar surface area (TPSA) is 36.1 Å². The van der Waals surface area contributed by atoms with E-state index in [9.17, 15) is 0 Å². The molecule has 0 saturated heterocycles. The third-order valence-corrected chi connectivity index (χ3v) is 5.03. The van der Waals surface area contributed by atoms with Crippen LogP contribution < -0.4 is 16.0 Å². The average Bonchev–Trinajstić information content (AvgIpc) is 2.63. The lowest BCUT2D eigenvalue weighted by molar-refractivity contribution is 0.449. The molecule has 0 aliphatic carbocycles. The van der Waals surface area contributed by atoms with Gasteiger partial charge in [0.15, 0.2) is 0 Å². The molecule has 0 aromatic carbocycles. The number of rotatable bonds is 21. The summed E-state index contributed by atoms with van der Waals surface area (Å²) in [6.07, 6.45) is 17.8. The lowest BCUT2D eigenvalue weighted by atomic mass is 10.1. The zero-order chi connectivity index (χ0) is 18.4. The summed E-state index contributed by atoms with van der Waals surface area (Å²) in [5.74, 6) is 0. The molecule has 0 bridgehead atoms. The molecule has 3 N–H and O–H groups in total. The second kappa shape index (κ2) is 21.9. The standard InChI is InChI=1S/C22H49N3/c1-4-7-9-11-13-15-17-23-19-20-25-22(6-3)21-24-18-16-14-12-10-8-5-2/h22-25H,4-21H2,1-3H3. The van der Waals surface area contributed by atoms with Crippen LogP contribution in [0.2, 0.25) is 0 Å². The summed E-state index contributed by atoms with van der Waals surface area (Å²) in [6.45, 7) is 12.5. The molecule has 1 atom stereocenters.